The summed E-state index contributed by atoms with van der Waals surface area (Å²) in [7, 11) is 18.4. The molecule has 10 N–H and O–H groups in total. The van der Waals surface area contributed by atoms with E-state index in [0.717, 1.165) is 89.9 Å². The Morgan fingerprint density at radius 2 is 0.592 bits per heavy atom. The maximum Gasteiger partial charge on any atom is -0.0916 e. The number of rotatable bonds is 25. The summed E-state index contributed by atoms with van der Waals surface area (Å²) in [6.07, 6.45) is 12.9. The average molecular weight is 1820 g/mol. The summed E-state index contributed by atoms with van der Waals surface area (Å²) in [5, 5.41) is 32.6. The van der Waals surface area contributed by atoms with Crippen molar-refractivity contribution in [2.24, 2.45) is 17.8 Å². The van der Waals surface area contributed by atoms with Crippen molar-refractivity contribution in [2.75, 3.05) is 65.7 Å². The molecule has 0 amide bonds. The van der Waals surface area contributed by atoms with Crippen molar-refractivity contribution in [1.82, 2.24) is 0 Å². The van der Waals surface area contributed by atoms with Crippen LogP contribution in [0.2, 0.25) is 0 Å². The molecule has 0 aromatic rings. The Kier molecular flexibility index (Phi) is 165. The summed E-state index contributed by atoms with van der Waals surface area (Å²) in [6, 6.07) is 7.10. The summed E-state index contributed by atoms with van der Waals surface area (Å²) in [5.41, 5.74) is 38.0. The van der Waals surface area contributed by atoms with Gasteiger partial charge in [0.2, 0.25) is 0 Å². The van der Waals surface area contributed by atoms with Gasteiger partial charge in [0.25, 0.3) is 0 Å². The van der Waals surface area contributed by atoms with Crippen molar-refractivity contribution >= 4 is 61.5 Å². The Balaban J connectivity index is -0.0000000505. The summed E-state index contributed by atoms with van der Waals surface area (Å²) in [4.78, 5) is 44.4. The molecule has 0 heterocycles. The minimum absolute atomic E-state index is 0. The van der Waals surface area contributed by atoms with E-state index in [1.165, 1.54) is 0 Å². The van der Waals surface area contributed by atoms with Crippen LogP contribution < -0.4 is 0 Å². The molecule has 0 radical (unpaired) electrons. The quantitative estimate of drug-likeness (QED) is 0.0608. The second-order valence-corrected chi connectivity index (χ2v) is 12.5. The number of hydrogen-bond acceptors (Lipinski definition) is 12. The molecule has 0 atom stereocenters. The predicted molar refractivity (Wildman–Crippen MR) is 275 cm³/mol. The topological polar surface area (TPSA) is 410 Å². The molecule has 0 saturated carbocycles. The third kappa shape index (κ3) is 115. The van der Waals surface area contributed by atoms with E-state index in [4.69, 9.17) is 69.7 Å². The molecule has 0 aliphatic carbocycles. The van der Waals surface area contributed by atoms with Crippen molar-refractivity contribution in [1.29, 1.82) is 21.0 Å². The molecule has 0 rings (SSSR count). The van der Waals surface area contributed by atoms with Gasteiger partial charge in [-0.1, -0.05) is 93.4 Å². The molecule has 0 unspecified atom stereocenters. The summed E-state index contributed by atoms with van der Waals surface area (Å²) >= 11 is 6.44. The van der Waals surface area contributed by atoms with Crippen LogP contribution >= 0.6 is 37.7 Å². The fraction of sp³-hybridized carbons (Fsp3) is 0.814. The number of carbonyl (C=O) groups is 4. The SMILES string of the molecule is CCCC(=O)OCC#N.CCCC(CCC)C(=O)OCC#N.CCCC(CCC)C(=O)OCC#N.CCCC(CCC)C(=O)OCC#N.[Cl][Pt].[Cl][Pt].[Cl][Pt].[Cl][Pt].[NH-]CCC[NH-].[NH-]CC[NH-].[NH-]CC[NH-].[NH2-].[NH2-]. The molecule has 440 valence electrons. The number of nitrogens with zero attached hydrogens (tertiary/aromatic N) is 4. The first-order chi connectivity index (χ1) is 33.3. The zero-order valence-corrected chi connectivity index (χ0v) is 54.5. The number of nitriles is 4. The van der Waals surface area contributed by atoms with Crippen LogP contribution in [0.3, 0.4) is 0 Å². The fourth-order valence-electron chi connectivity index (χ4n) is 4.37. The normalized spacial score (nSPS) is 8.17. The number of esters is 4. The number of nitrogens with two attached hydrogens (primary N) is 2. The van der Waals surface area contributed by atoms with E-state index < -0.39 is 0 Å². The minimum Gasteiger partial charge on any atom is -0.693 e. The second-order valence-electron chi connectivity index (χ2n) is 12.5. The standard InChI is InChI=1S/3C10H17NO2.C6H9NO2.C3H8N2.2C2H6N2.4ClH.2H2N.4Pt/c3*1-3-5-9(6-4-2)10(12)13-8-7-11;1-2-3-6(8)9-5-4-7;4-2-1-3-5;2*3-1-2-4;;;;;;;;;;/h3*9H,3-6,8H2,1-2H3;2-3,5H2,1H3;4-5H,1-3H2;2*3-4H,1-2H2;4*1H;2*1H2;;;;/q;;;;3*-2;;;;;2*-1;4*+1/p-4. The van der Waals surface area contributed by atoms with E-state index in [0.29, 0.717) is 19.5 Å². The molecule has 20 nitrogen and oxygen atoms in total. The van der Waals surface area contributed by atoms with Crippen LogP contribution in [-0.4, -0.2) is 89.6 Å². The van der Waals surface area contributed by atoms with E-state index in [-0.39, 0.29) is 107 Å². The van der Waals surface area contributed by atoms with Crippen molar-refractivity contribution < 1.29 is 113 Å². The van der Waals surface area contributed by atoms with Gasteiger partial charge in [0.05, 0.1) is 17.8 Å². The van der Waals surface area contributed by atoms with Crippen LogP contribution in [0, 0.1) is 63.1 Å². The van der Waals surface area contributed by atoms with Gasteiger partial charge in [-0.25, -0.2) is 0 Å². The largest absolute Gasteiger partial charge is 0.693 e. The van der Waals surface area contributed by atoms with E-state index >= 15 is 0 Å². The summed E-state index contributed by atoms with van der Waals surface area (Å²) < 4.78 is 18.7. The zero-order valence-electron chi connectivity index (χ0n) is 42.4. The first-order valence-corrected chi connectivity index (χ1v) is 33.1. The monoisotopic (exact) mass is 1820 g/mol. The predicted octanol–water partition coefficient (Wildman–Crippen LogP) is 15.5. The second kappa shape index (κ2) is 114. The van der Waals surface area contributed by atoms with E-state index in [2.05, 4.69) is 42.4 Å². The Labute approximate surface area is 490 Å². The van der Waals surface area contributed by atoms with Gasteiger partial charge in [0.15, 0.2) is 26.4 Å². The van der Waals surface area contributed by atoms with Crippen LogP contribution in [0.1, 0.15) is 145 Å². The van der Waals surface area contributed by atoms with Crippen molar-refractivity contribution in [3.05, 3.63) is 46.7 Å². The van der Waals surface area contributed by atoms with Crippen LogP contribution in [-0.2, 0) is 113 Å². The molecular formula is C43H84Cl4N12O8Pt4-8. The number of carbonyl (C=O) groups excluding carboxylic acids is 4. The van der Waals surface area contributed by atoms with Gasteiger partial charge in [-0.05, 0) is 44.9 Å². The maximum absolute atomic E-state index is 11.3. The van der Waals surface area contributed by atoms with E-state index in [9.17, 15) is 19.2 Å². The number of hydrogen-bond donors (Lipinski definition) is 0. The molecule has 0 bridgehead atoms. The molecule has 71 heavy (non-hydrogen) atoms. The van der Waals surface area contributed by atoms with Gasteiger partial charge in [-0.3, -0.25) is 19.2 Å². The van der Waals surface area contributed by atoms with Crippen molar-refractivity contribution in [2.45, 2.75) is 145 Å². The molecule has 0 fully saturated rings. The van der Waals surface area contributed by atoms with Crippen LogP contribution in [0.25, 0.3) is 46.7 Å². The number of halogens is 4. The molecule has 0 aromatic carbocycles. The van der Waals surface area contributed by atoms with Crippen molar-refractivity contribution in [3.63, 3.8) is 0 Å². The van der Waals surface area contributed by atoms with Gasteiger partial charge in [-0.2, -0.15) is 60.3 Å². The maximum atomic E-state index is 11.3. The molecule has 0 aromatic heterocycles. The van der Waals surface area contributed by atoms with Crippen molar-refractivity contribution in [3.8, 4) is 24.3 Å². The minimum atomic E-state index is -0.293. The molecule has 0 aliphatic rings. The zero-order chi connectivity index (χ0) is 56.4. The Morgan fingerprint density at radius 1 is 0.394 bits per heavy atom. The Bertz CT molecular complexity index is 1040. The smallest absolute Gasteiger partial charge is 0.0916 e. The third-order valence-corrected chi connectivity index (χ3v) is 7.02. The first-order valence-electron chi connectivity index (χ1n) is 21.8. The number of nitrogens with one attached hydrogen (secondary N) is 6. The Hall–Kier alpha value is -0.567. The number of ether oxygens (including phenoxy) is 4. The van der Waals surface area contributed by atoms with E-state index in [1.807, 2.05) is 48.5 Å². The van der Waals surface area contributed by atoms with Crippen LogP contribution in [0.15, 0.2) is 0 Å². The molecule has 0 aliphatic heterocycles. The van der Waals surface area contributed by atoms with Gasteiger partial charge in [0, 0.05) is 6.42 Å². The Morgan fingerprint density at radius 3 is 0.718 bits per heavy atom. The average Bonchev–Trinajstić information content (AvgIpc) is 3.39. The van der Waals surface area contributed by atoms with Gasteiger partial charge in [0.1, 0.15) is 24.3 Å². The third-order valence-electron chi connectivity index (χ3n) is 7.02. The van der Waals surface area contributed by atoms with Gasteiger partial charge in [-0.15, -0.1) is 0 Å². The molecule has 0 saturated heterocycles. The van der Waals surface area contributed by atoms with E-state index in [1.54, 1.807) is 99.4 Å². The van der Waals surface area contributed by atoms with Crippen LogP contribution in [0.5, 0.6) is 0 Å². The van der Waals surface area contributed by atoms with Gasteiger partial charge < -0.3 is 65.7 Å². The molecule has 28 heteroatoms. The first kappa shape index (κ1) is 103. The van der Waals surface area contributed by atoms with Crippen LogP contribution in [0.4, 0.5) is 0 Å². The summed E-state index contributed by atoms with van der Waals surface area (Å²) in [6.45, 7) is 15.4. The van der Waals surface area contributed by atoms with Gasteiger partial charge >= 0.3 is 137 Å². The summed E-state index contributed by atoms with van der Waals surface area (Å²) in [5.74, 6) is -0.977. The fourth-order valence-corrected chi connectivity index (χ4v) is 4.37. The molecule has 0 spiro atoms. The molecular weight excluding hydrogens is 1730 g/mol.